The predicted molar refractivity (Wildman–Crippen MR) is 88.6 cm³/mol. The molecule has 2 aromatic rings. The van der Waals surface area contributed by atoms with Crippen molar-refractivity contribution in [1.82, 2.24) is 15.1 Å². The second-order valence-electron chi connectivity index (χ2n) is 5.07. The van der Waals surface area contributed by atoms with Gasteiger partial charge < -0.3 is 14.8 Å². The van der Waals surface area contributed by atoms with Gasteiger partial charge in [-0.1, -0.05) is 11.6 Å². The van der Waals surface area contributed by atoms with Gasteiger partial charge in [0, 0.05) is 0 Å². The van der Waals surface area contributed by atoms with Gasteiger partial charge in [-0.15, -0.1) is 0 Å². The second kappa shape index (κ2) is 8.43. The minimum absolute atomic E-state index is 0.0169. The van der Waals surface area contributed by atoms with Crippen molar-refractivity contribution in [2.24, 2.45) is 0 Å². The molecule has 0 fully saturated rings. The first kappa shape index (κ1) is 19.4. The summed E-state index contributed by atoms with van der Waals surface area (Å²) in [5.74, 6) is -2.59. The number of carbonyl (C=O) groups excluding carboxylic acids is 3. The fourth-order valence-corrected chi connectivity index (χ4v) is 2.33. The van der Waals surface area contributed by atoms with Crippen LogP contribution in [0.15, 0.2) is 24.3 Å². The number of halogens is 2. The number of rotatable bonds is 6. The number of nitrogens with one attached hydrogen (secondary N) is 1. The largest absolute Gasteiger partial charge is 0.468 e. The predicted octanol–water partition coefficient (Wildman–Crippen LogP) is 1.42. The fraction of sp³-hybridized carbons (Fsp3) is 0.250. The maximum absolute atomic E-state index is 13.0. The first-order valence-electron chi connectivity index (χ1n) is 7.35. The van der Waals surface area contributed by atoms with Gasteiger partial charge in [-0.25, -0.2) is 13.9 Å². The molecule has 26 heavy (non-hydrogen) atoms. The summed E-state index contributed by atoms with van der Waals surface area (Å²) >= 11 is 6.18. The van der Waals surface area contributed by atoms with Gasteiger partial charge >= 0.3 is 11.9 Å². The molecule has 2 rings (SSSR count). The molecule has 1 aromatic heterocycles. The lowest BCUT2D eigenvalue weighted by Crippen LogP contribution is -2.33. The van der Waals surface area contributed by atoms with Gasteiger partial charge in [0.05, 0.1) is 18.5 Å². The number of aryl methyl sites for hydroxylation is 1. The molecule has 0 saturated heterocycles. The number of benzene rings is 1. The molecule has 1 aromatic carbocycles. The molecule has 1 N–H and O–H groups in total. The first-order valence-corrected chi connectivity index (χ1v) is 7.73. The summed E-state index contributed by atoms with van der Waals surface area (Å²) in [5, 5.41) is 6.32. The van der Waals surface area contributed by atoms with E-state index < -0.39 is 30.3 Å². The fourth-order valence-electron chi connectivity index (χ4n) is 1.98. The van der Waals surface area contributed by atoms with Gasteiger partial charge in [0.25, 0.3) is 5.91 Å². The van der Waals surface area contributed by atoms with Crippen LogP contribution >= 0.6 is 11.6 Å². The van der Waals surface area contributed by atoms with Crippen LogP contribution in [0.4, 0.5) is 4.39 Å². The molecule has 0 saturated carbocycles. The van der Waals surface area contributed by atoms with Gasteiger partial charge in [0.15, 0.2) is 6.61 Å². The van der Waals surface area contributed by atoms with Gasteiger partial charge in [0.1, 0.15) is 23.1 Å². The van der Waals surface area contributed by atoms with Crippen LogP contribution in [0.25, 0.3) is 5.69 Å². The maximum Gasteiger partial charge on any atom is 0.343 e. The van der Waals surface area contributed by atoms with Crippen LogP contribution in [0.3, 0.4) is 0 Å². The van der Waals surface area contributed by atoms with Crippen molar-refractivity contribution in [3.63, 3.8) is 0 Å². The standard InChI is InChI=1S/C16H15ClFN3O5/c1-9-14(16(24)26-8-12(22)19-7-13(23)25-2)15(17)21(20-9)11-5-3-10(18)4-6-11/h3-6H,7-8H2,1-2H3,(H,19,22). The molecule has 0 radical (unpaired) electrons. The molecule has 1 heterocycles. The van der Waals surface area contributed by atoms with E-state index in [-0.39, 0.29) is 23.0 Å². The number of hydrogen-bond acceptors (Lipinski definition) is 6. The molecule has 10 heteroatoms. The number of carbonyl (C=O) groups is 3. The zero-order valence-corrected chi connectivity index (χ0v) is 14.7. The molecule has 0 atom stereocenters. The van der Waals surface area contributed by atoms with Crippen molar-refractivity contribution in [2.45, 2.75) is 6.92 Å². The quantitative estimate of drug-likeness (QED) is 0.757. The Labute approximate surface area is 152 Å². The van der Waals surface area contributed by atoms with E-state index in [9.17, 15) is 18.8 Å². The average Bonchev–Trinajstić information content (AvgIpc) is 2.92. The highest BCUT2D eigenvalue weighted by Gasteiger charge is 2.23. The Morgan fingerprint density at radius 2 is 1.92 bits per heavy atom. The maximum atomic E-state index is 13.0. The van der Waals surface area contributed by atoms with Crippen molar-refractivity contribution in [1.29, 1.82) is 0 Å². The van der Waals surface area contributed by atoms with Gasteiger partial charge in [0.2, 0.25) is 0 Å². The lowest BCUT2D eigenvalue weighted by Gasteiger charge is -2.06. The van der Waals surface area contributed by atoms with Crippen molar-refractivity contribution < 1.29 is 28.2 Å². The van der Waals surface area contributed by atoms with E-state index in [1.165, 1.54) is 36.1 Å². The zero-order chi connectivity index (χ0) is 19.3. The Balaban J connectivity index is 2.06. The van der Waals surface area contributed by atoms with Crippen LogP contribution in [0, 0.1) is 12.7 Å². The molecular weight excluding hydrogens is 369 g/mol. The minimum atomic E-state index is -0.853. The third kappa shape index (κ3) is 4.57. The third-order valence-electron chi connectivity index (χ3n) is 3.27. The molecule has 0 spiro atoms. The van der Waals surface area contributed by atoms with Gasteiger partial charge in [-0.05, 0) is 31.2 Å². The van der Waals surface area contributed by atoms with E-state index >= 15 is 0 Å². The highest BCUT2D eigenvalue weighted by Crippen LogP contribution is 2.24. The van der Waals surface area contributed by atoms with E-state index in [1.54, 1.807) is 6.92 Å². The molecule has 0 unspecified atom stereocenters. The van der Waals surface area contributed by atoms with E-state index in [0.717, 1.165) is 0 Å². The molecule has 1 amide bonds. The summed E-state index contributed by atoms with van der Waals surface area (Å²) in [4.78, 5) is 34.7. The summed E-state index contributed by atoms with van der Waals surface area (Å²) < 4.78 is 23.5. The number of hydrogen-bond donors (Lipinski definition) is 1. The molecule has 138 valence electrons. The van der Waals surface area contributed by atoms with Crippen molar-refractivity contribution in [2.75, 3.05) is 20.3 Å². The lowest BCUT2D eigenvalue weighted by molar-refractivity contribution is -0.141. The minimum Gasteiger partial charge on any atom is -0.468 e. The van der Waals surface area contributed by atoms with E-state index in [1.807, 2.05) is 0 Å². The smallest absolute Gasteiger partial charge is 0.343 e. The zero-order valence-electron chi connectivity index (χ0n) is 13.9. The van der Waals surface area contributed by atoms with E-state index in [2.05, 4.69) is 15.2 Å². The molecule has 0 bridgehead atoms. The molecule has 8 nitrogen and oxygen atoms in total. The van der Waals surface area contributed by atoms with Crippen molar-refractivity contribution in [3.8, 4) is 5.69 Å². The number of aromatic nitrogens is 2. The van der Waals surface area contributed by atoms with Crippen LogP contribution in [-0.2, 0) is 19.1 Å². The SMILES string of the molecule is COC(=O)CNC(=O)COC(=O)c1c(C)nn(-c2ccc(F)cc2)c1Cl. The highest BCUT2D eigenvalue weighted by atomic mass is 35.5. The number of methoxy groups -OCH3 is 1. The summed E-state index contributed by atoms with van der Waals surface area (Å²) in [6, 6.07) is 5.35. The van der Waals surface area contributed by atoms with Crippen molar-refractivity contribution in [3.05, 3.63) is 46.5 Å². The molecular formula is C16H15ClFN3O5. The normalized spacial score (nSPS) is 10.3. The average molecular weight is 384 g/mol. The van der Waals surface area contributed by atoms with Crippen LogP contribution in [0.1, 0.15) is 16.1 Å². The lowest BCUT2D eigenvalue weighted by atomic mass is 10.2. The van der Waals surface area contributed by atoms with E-state index in [4.69, 9.17) is 16.3 Å². The first-order chi connectivity index (χ1) is 12.3. The number of nitrogens with zero attached hydrogens (tertiary/aromatic N) is 2. The number of ether oxygens (including phenoxy) is 2. The third-order valence-corrected chi connectivity index (χ3v) is 3.62. The van der Waals surface area contributed by atoms with Crippen LogP contribution in [0.5, 0.6) is 0 Å². The Hall–Kier alpha value is -2.94. The second-order valence-corrected chi connectivity index (χ2v) is 5.43. The Bertz CT molecular complexity index is 835. The van der Waals surface area contributed by atoms with E-state index in [0.29, 0.717) is 5.69 Å². The van der Waals surface area contributed by atoms with Crippen LogP contribution < -0.4 is 5.32 Å². The highest BCUT2D eigenvalue weighted by molar-refractivity contribution is 6.33. The number of amides is 1. The monoisotopic (exact) mass is 383 g/mol. The Morgan fingerprint density at radius 1 is 1.27 bits per heavy atom. The molecule has 0 aliphatic carbocycles. The van der Waals surface area contributed by atoms with Crippen LogP contribution in [0.2, 0.25) is 5.15 Å². The van der Waals surface area contributed by atoms with Gasteiger partial charge in [-0.2, -0.15) is 5.10 Å². The number of esters is 2. The molecule has 0 aliphatic heterocycles. The summed E-state index contributed by atoms with van der Waals surface area (Å²) in [5.41, 5.74) is 0.713. The van der Waals surface area contributed by atoms with Crippen molar-refractivity contribution >= 4 is 29.4 Å². The van der Waals surface area contributed by atoms with Gasteiger partial charge in [-0.3, -0.25) is 9.59 Å². The summed E-state index contributed by atoms with van der Waals surface area (Å²) in [7, 11) is 1.18. The Kier molecular flexibility index (Phi) is 6.29. The summed E-state index contributed by atoms with van der Waals surface area (Å²) in [6.45, 7) is 0.600. The van der Waals surface area contributed by atoms with Crippen LogP contribution in [-0.4, -0.2) is 47.9 Å². The Morgan fingerprint density at radius 3 is 2.54 bits per heavy atom. The molecule has 0 aliphatic rings. The summed E-state index contributed by atoms with van der Waals surface area (Å²) in [6.07, 6.45) is 0. The topological polar surface area (TPSA) is 99.5 Å².